The number of thiophene rings is 1. The van der Waals surface area contributed by atoms with Crippen LogP contribution in [0.15, 0.2) is 17.6 Å². The van der Waals surface area contributed by atoms with E-state index in [1.165, 1.54) is 34.5 Å². The maximum absolute atomic E-state index is 4.67. The van der Waals surface area contributed by atoms with Gasteiger partial charge >= 0.3 is 0 Å². The molecule has 2 bridgehead atoms. The molecule has 20 heavy (non-hydrogen) atoms. The Morgan fingerprint density at radius 2 is 2.25 bits per heavy atom. The van der Waals surface area contributed by atoms with Crippen molar-refractivity contribution in [2.24, 2.45) is 0 Å². The van der Waals surface area contributed by atoms with E-state index in [0.717, 1.165) is 18.8 Å². The number of hydrogen-bond donors (Lipinski definition) is 0. The van der Waals surface area contributed by atoms with Crippen LogP contribution < -0.4 is 0 Å². The lowest BCUT2D eigenvalue weighted by Crippen LogP contribution is -2.37. The Hall–Kier alpha value is -1.26. The zero-order valence-electron chi connectivity index (χ0n) is 12.0. The predicted octanol–water partition coefficient (Wildman–Crippen LogP) is 3.42. The number of fused-ring (bicyclic) bond motifs is 4. The van der Waals surface area contributed by atoms with E-state index in [1.54, 1.807) is 0 Å². The Morgan fingerprint density at radius 3 is 3.05 bits per heavy atom. The normalized spacial score (nSPS) is 24.9. The summed E-state index contributed by atoms with van der Waals surface area (Å²) < 4.78 is 0. The first-order valence-corrected chi connectivity index (χ1v) is 8.21. The molecule has 0 aromatic carbocycles. The maximum atomic E-state index is 4.67. The molecular formula is C16H19N3S. The van der Waals surface area contributed by atoms with Gasteiger partial charge in [0.15, 0.2) is 0 Å². The first-order chi connectivity index (χ1) is 9.72. The van der Waals surface area contributed by atoms with E-state index in [2.05, 4.69) is 39.4 Å². The lowest BCUT2D eigenvalue weighted by atomic mass is 9.99. The van der Waals surface area contributed by atoms with E-state index in [4.69, 9.17) is 0 Å². The van der Waals surface area contributed by atoms with Gasteiger partial charge in [-0.3, -0.25) is 4.90 Å². The molecule has 0 amide bonds. The fourth-order valence-electron chi connectivity index (χ4n) is 3.65. The highest BCUT2D eigenvalue weighted by atomic mass is 32.1. The van der Waals surface area contributed by atoms with E-state index in [0.29, 0.717) is 12.1 Å². The quantitative estimate of drug-likeness (QED) is 0.846. The summed E-state index contributed by atoms with van der Waals surface area (Å²) in [7, 11) is 0. The molecule has 2 unspecified atom stereocenters. The molecule has 0 saturated carbocycles. The van der Waals surface area contributed by atoms with Crippen LogP contribution in [0.25, 0.3) is 0 Å². The Bertz CT molecular complexity index is 649. The minimum Gasteiger partial charge on any atom is -0.288 e. The zero-order chi connectivity index (χ0) is 13.7. The van der Waals surface area contributed by atoms with Crippen LogP contribution in [0.4, 0.5) is 0 Å². The van der Waals surface area contributed by atoms with E-state index in [9.17, 15) is 0 Å². The molecule has 3 nitrogen and oxygen atoms in total. The van der Waals surface area contributed by atoms with Crippen molar-refractivity contribution < 1.29 is 0 Å². The summed E-state index contributed by atoms with van der Waals surface area (Å²) in [6.45, 7) is 5.30. The Kier molecular flexibility index (Phi) is 2.89. The highest BCUT2D eigenvalue weighted by molar-refractivity contribution is 7.10. The molecule has 0 N–H and O–H groups in total. The van der Waals surface area contributed by atoms with Crippen LogP contribution in [0.1, 0.15) is 46.4 Å². The van der Waals surface area contributed by atoms with Gasteiger partial charge in [-0.1, -0.05) is 0 Å². The Balaban J connectivity index is 1.67. The summed E-state index contributed by atoms with van der Waals surface area (Å²) in [5, 5.41) is 2.21. The fraction of sp³-hybridized carbons (Fsp3) is 0.500. The van der Waals surface area contributed by atoms with Crippen LogP contribution in [0.3, 0.4) is 0 Å². The van der Waals surface area contributed by atoms with E-state index in [-0.39, 0.29) is 0 Å². The summed E-state index contributed by atoms with van der Waals surface area (Å²) in [5.41, 5.74) is 4.10. The average molecular weight is 285 g/mol. The zero-order valence-corrected chi connectivity index (χ0v) is 12.8. The van der Waals surface area contributed by atoms with Crippen molar-refractivity contribution in [1.82, 2.24) is 14.9 Å². The first-order valence-electron chi connectivity index (χ1n) is 7.33. The minimum absolute atomic E-state index is 0.533. The second kappa shape index (κ2) is 4.64. The molecule has 4 heteroatoms. The van der Waals surface area contributed by atoms with Gasteiger partial charge in [-0.25, -0.2) is 9.97 Å². The summed E-state index contributed by atoms with van der Waals surface area (Å²) in [5.74, 6) is 0.908. The third kappa shape index (κ3) is 1.90. The first kappa shape index (κ1) is 12.5. The van der Waals surface area contributed by atoms with Crippen LogP contribution in [0.2, 0.25) is 0 Å². The van der Waals surface area contributed by atoms with Crippen molar-refractivity contribution >= 4 is 11.3 Å². The molecule has 1 saturated heterocycles. The lowest BCUT2D eigenvalue weighted by molar-refractivity contribution is 0.167. The Morgan fingerprint density at radius 1 is 1.35 bits per heavy atom. The van der Waals surface area contributed by atoms with Crippen LogP contribution in [-0.2, 0) is 13.0 Å². The van der Waals surface area contributed by atoms with Crippen LogP contribution in [0, 0.1) is 13.8 Å². The van der Waals surface area contributed by atoms with E-state index < -0.39 is 0 Å². The van der Waals surface area contributed by atoms with Crippen molar-refractivity contribution in [2.45, 2.75) is 51.7 Å². The molecular weight excluding hydrogens is 266 g/mol. The largest absolute Gasteiger partial charge is 0.288 e. The number of aryl methyl sites for hydroxylation is 2. The molecule has 104 valence electrons. The molecule has 2 aromatic heterocycles. The van der Waals surface area contributed by atoms with Gasteiger partial charge in [-0.15, -0.1) is 11.3 Å². The van der Waals surface area contributed by atoms with Crippen molar-refractivity contribution in [1.29, 1.82) is 0 Å². The standard InChI is InChI=1S/C16H19N3S/c1-10-5-6-20-16(10)9-19-12-3-4-15(19)13-8-17-11(2)18-14(13)7-12/h5-6,8,12,15H,3-4,7,9H2,1-2H3. The lowest BCUT2D eigenvalue weighted by Gasteiger charge is -2.35. The molecule has 2 aliphatic heterocycles. The van der Waals surface area contributed by atoms with Gasteiger partial charge in [0, 0.05) is 41.7 Å². The molecule has 2 atom stereocenters. The van der Waals surface area contributed by atoms with Crippen molar-refractivity contribution in [2.75, 3.05) is 0 Å². The second-order valence-electron chi connectivity index (χ2n) is 5.97. The van der Waals surface area contributed by atoms with Crippen molar-refractivity contribution in [3.05, 3.63) is 45.2 Å². The summed E-state index contributed by atoms with van der Waals surface area (Å²) in [4.78, 5) is 13.3. The SMILES string of the molecule is Cc1ncc2c(n1)CC1CCC2N1Cc1sccc1C. The van der Waals surface area contributed by atoms with Gasteiger partial charge in [0.2, 0.25) is 0 Å². The number of hydrogen-bond acceptors (Lipinski definition) is 4. The monoisotopic (exact) mass is 285 g/mol. The smallest absolute Gasteiger partial charge is 0.125 e. The molecule has 2 aliphatic rings. The fourth-order valence-corrected chi connectivity index (χ4v) is 4.57. The summed E-state index contributed by atoms with van der Waals surface area (Å²) in [6, 6.07) is 3.43. The van der Waals surface area contributed by atoms with Gasteiger partial charge in [-0.2, -0.15) is 0 Å². The molecule has 0 radical (unpaired) electrons. The highest BCUT2D eigenvalue weighted by Crippen LogP contribution is 2.44. The third-order valence-electron chi connectivity index (χ3n) is 4.75. The van der Waals surface area contributed by atoms with Crippen LogP contribution in [0.5, 0.6) is 0 Å². The number of nitrogens with zero attached hydrogens (tertiary/aromatic N) is 3. The van der Waals surface area contributed by atoms with Crippen molar-refractivity contribution in [3.8, 4) is 0 Å². The van der Waals surface area contributed by atoms with Crippen LogP contribution >= 0.6 is 11.3 Å². The molecule has 4 rings (SSSR count). The number of aromatic nitrogens is 2. The molecule has 2 aromatic rings. The van der Waals surface area contributed by atoms with Crippen LogP contribution in [-0.4, -0.2) is 20.9 Å². The van der Waals surface area contributed by atoms with Gasteiger partial charge in [0.1, 0.15) is 5.82 Å². The second-order valence-corrected chi connectivity index (χ2v) is 6.97. The minimum atomic E-state index is 0.533. The van der Waals surface area contributed by atoms with Gasteiger partial charge in [0.05, 0.1) is 5.69 Å². The summed E-state index contributed by atoms with van der Waals surface area (Å²) >= 11 is 1.89. The highest BCUT2D eigenvalue weighted by Gasteiger charge is 2.40. The molecule has 4 heterocycles. The molecule has 0 spiro atoms. The topological polar surface area (TPSA) is 29.0 Å². The van der Waals surface area contributed by atoms with Gasteiger partial charge < -0.3 is 0 Å². The average Bonchev–Trinajstić information content (AvgIpc) is 2.94. The third-order valence-corrected chi connectivity index (χ3v) is 5.75. The summed E-state index contributed by atoms with van der Waals surface area (Å²) in [6.07, 6.45) is 5.72. The predicted molar refractivity (Wildman–Crippen MR) is 80.8 cm³/mol. The molecule has 0 aliphatic carbocycles. The maximum Gasteiger partial charge on any atom is 0.125 e. The molecule has 1 fully saturated rings. The van der Waals surface area contributed by atoms with Gasteiger partial charge in [-0.05, 0) is 43.7 Å². The Labute approximate surface area is 123 Å². The van der Waals surface area contributed by atoms with E-state index in [1.807, 2.05) is 18.3 Å². The number of rotatable bonds is 2. The van der Waals surface area contributed by atoms with Gasteiger partial charge in [0.25, 0.3) is 0 Å². The van der Waals surface area contributed by atoms with E-state index >= 15 is 0 Å². The van der Waals surface area contributed by atoms with Crippen molar-refractivity contribution in [3.63, 3.8) is 0 Å².